The van der Waals surface area contributed by atoms with Crippen molar-refractivity contribution >= 4 is 34.2 Å². The monoisotopic (exact) mass is 410 g/mol. The van der Waals surface area contributed by atoms with E-state index in [4.69, 9.17) is 4.74 Å². The third kappa shape index (κ3) is 4.97. The summed E-state index contributed by atoms with van der Waals surface area (Å²) in [7, 11) is 0. The largest absolute Gasteiger partial charge is 0.488 e. The topological polar surface area (TPSA) is 50.4 Å². The van der Waals surface area contributed by atoms with Gasteiger partial charge in [-0.3, -0.25) is 4.79 Å². The van der Waals surface area contributed by atoms with Gasteiger partial charge in [-0.1, -0.05) is 40.2 Å². The van der Waals surface area contributed by atoms with Gasteiger partial charge in [0.2, 0.25) is 0 Å². The molecule has 2 aromatic carbocycles. The summed E-state index contributed by atoms with van der Waals surface area (Å²) in [5.74, 6) is 1.06. The fraction of sp³-hybridized carbons (Fsp3) is 0.278. The molecule has 0 bridgehead atoms. The van der Waals surface area contributed by atoms with Crippen LogP contribution < -0.4 is 15.4 Å². The molecule has 1 fully saturated rings. The Hall–Kier alpha value is -1.56. The van der Waals surface area contributed by atoms with Crippen molar-refractivity contribution in [3.05, 3.63) is 64.1 Å². The van der Waals surface area contributed by atoms with Crippen molar-refractivity contribution in [2.24, 2.45) is 5.92 Å². The summed E-state index contributed by atoms with van der Waals surface area (Å²) in [6.45, 7) is 3.07. The summed E-state index contributed by atoms with van der Waals surface area (Å²) >= 11 is 3.45. The number of hydrogen-bond acceptors (Lipinski definition) is 3. The van der Waals surface area contributed by atoms with Crippen LogP contribution in [0.15, 0.2) is 53.0 Å². The molecule has 24 heavy (non-hydrogen) atoms. The maximum Gasteiger partial charge on any atom is 0.255 e. The predicted octanol–water partition coefficient (Wildman–Crippen LogP) is 3.40. The summed E-state index contributed by atoms with van der Waals surface area (Å²) in [4.78, 5) is 12.4. The fourth-order valence-corrected chi connectivity index (χ4v) is 2.84. The maximum atomic E-state index is 12.4. The third-order valence-electron chi connectivity index (χ3n) is 3.83. The quantitative estimate of drug-likeness (QED) is 0.766. The minimum Gasteiger partial charge on any atom is -0.488 e. The Morgan fingerprint density at radius 2 is 2.00 bits per heavy atom. The molecule has 0 aromatic heterocycles. The highest BCUT2D eigenvalue weighted by Gasteiger charge is 2.19. The normalized spacial score (nSPS) is 13.5. The number of nitrogens with one attached hydrogen (secondary N) is 2. The first-order valence-electron chi connectivity index (χ1n) is 7.67. The lowest BCUT2D eigenvalue weighted by Gasteiger charge is -2.27. The highest BCUT2D eigenvalue weighted by atomic mass is 79.9. The van der Waals surface area contributed by atoms with Crippen LogP contribution in [0.3, 0.4) is 0 Å². The number of halogens is 2. The Balaban J connectivity index is 0.00000208. The van der Waals surface area contributed by atoms with E-state index in [1.807, 2.05) is 42.5 Å². The molecule has 1 aliphatic heterocycles. The molecular weight excluding hydrogens is 392 g/mol. The summed E-state index contributed by atoms with van der Waals surface area (Å²) in [6, 6.07) is 15.3. The van der Waals surface area contributed by atoms with Crippen LogP contribution in [0, 0.1) is 5.92 Å². The van der Waals surface area contributed by atoms with Gasteiger partial charge in [-0.2, -0.15) is 0 Å². The summed E-state index contributed by atoms with van der Waals surface area (Å²) in [5, 5.41) is 6.18. The highest BCUT2D eigenvalue weighted by Crippen LogP contribution is 2.20. The van der Waals surface area contributed by atoms with Crippen LogP contribution in [0.1, 0.15) is 15.9 Å². The van der Waals surface area contributed by atoms with Gasteiger partial charge in [0, 0.05) is 30.0 Å². The fourth-order valence-electron chi connectivity index (χ4n) is 2.39. The molecule has 2 N–H and O–H groups in total. The molecule has 6 heteroatoms. The smallest absolute Gasteiger partial charge is 0.255 e. The molecule has 0 spiro atoms. The summed E-state index contributed by atoms with van der Waals surface area (Å²) < 4.78 is 6.87. The predicted molar refractivity (Wildman–Crippen MR) is 101 cm³/mol. The van der Waals surface area contributed by atoms with Crippen molar-refractivity contribution in [1.82, 2.24) is 10.6 Å². The molecule has 0 radical (unpaired) electrons. The van der Waals surface area contributed by atoms with E-state index < -0.39 is 0 Å². The SMILES string of the molecule is Cl.O=C(NCC1CNC1)c1ccccc1OCc1cccc(Br)c1. The van der Waals surface area contributed by atoms with Crippen LogP contribution >= 0.6 is 28.3 Å². The Kier molecular flexibility index (Phi) is 7.09. The van der Waals surface area contributed by atoms with Gasteiger partial charge in [0.15, 0.2) is 0 Å². The van der Waals surface area contributed by atoms with E-state index in [0.717, 1.165) is 23.1 Å². The zero-order valence-corrected chi connectivity index (χ0v) is 15.5. The zero-order valence-electron chi connectivity index (χ0n) is 13.1. The Morgan fingerprint density at radius 3 is 2.71 bits per heavy atom. The van der Waals surface area contributed by atoms with Gasteiger partial charge in [-0.25, -0.2) is 0 Å². The molecule has 3 rings (SSSR count). The Morgan fingerprint density at radius 1 is 1.21 bits per heavy atom. The molecule has 0 aliphatic carbocycles. The minimum absolute atomic E-state index is 0. The molecule has 0 unspecified atom stereocenters. The average molecular weight is 412 g/mol. The molecule has 128 valence electrons. The molecule has 0 saturated carbocycles. The number of carbonyl (C=O) groups excluding carboxylic acids is 1. The number of amides is 1. The number of benzene rings is 2. The molecular formula is C18H20BrClN2O2. The van der Waals surface area contributed by atoms with Gasteiger partial charge in [0.05, 0.1) is 5.56 Å². The van der Waals surface area contributed by atoms with Crippen molar-refractivity contribution in [2.45, 2.75) is 6.61 Å². The van der Waals surface area contributed by atoms with Gasteiger partial charge in [-0.05, 0) is 29.8 Å². The number of para-hydroxylation sites is 1. The molecule has 4 nitrogen and oxygen atoms in total. The van der Waals surface area contributed by atoms with E-state index in [2.05, 4.69) is 26.6 Å². The van der Waals surface area contributed by atoms with Crippen molar-refractivity contribution in [3.8, 4) is 5.75 Å². The zero-order chi connectivity index (χ0) is 16.1. The molecule has 1 heterocycles. The van der Waals surface area contributed by atoms with Gasteiger partial charge in [0.25, 0.3) is 5.91 Å². The van der Waals surface area contributed by atoms with Gasteiger partial charge in [0.1, 0.15) is 12.4 Å². The van der Waals surface area contributed by atoms with Crippen LogP contribution in [0.5, 0.6) is 5.75 Å². The van der Waals surface area contributed by atoms with Crippen LogP contribution in [-0.2, 0) is 6.61 Å². The molecule has 0 atom stereocenters. The molecule has 1 saturated heterocycles. The van der Waals surface area contributed by atoms with Crippen molar-refractivity contribution < 1.29 is 9.53 Å². The highest BCUT2D eigenvalue weighted by molar-refractivity contribution is 9.10. The van der Waals surface area contributed by atoms with Gasteiger partial charge >= 0.3 is 0 Å². The molecule has 1 amide bonds. The van der Waals surface area contributed by atoms with Crippen LogP contribution in [0.4, 0.5) is 0 Å². The average Bonchev–Trinajstić information content (AvgIpc) is 2.52. The van der Waals surface area contributed by atoms with Crippen molar-refractivity contribution in [1.29, 1.82) is 0 Å². The Labute approximate surface area is 156 Å². The standard InChI is InChI=1S/C18H19BrN2O2.ClH/c19-15-5-3-4-13(8-15)12-23-17-7-2-1-6-16(17)18(22)21-11-14-9-20-10-14;/h1-8,14,20H,9-12H2,(H,21,22);1H. The number of carbonyl (C=O) groups is 1. The second kappa shape index (κ2) is 9.06. The lowest BCUT2D eigenvalue weighted by Crippen LogP contribution is -2.48. The second-order valence-electron chi connectivity index (χ2n) is 5.65. The molecule has 2 aromatic rings. The van der Waals surface area contributed by atoms with Crippen LogP contribution in [0.2, 0.25) is 0 Å². The lowest BCUT2D eigenvalue weighted by molar-refractivity contribution is 0.0937. The number of hydrogen-bond donors (Lipinski definition) is 2. The molecule has 1 aliphatic rings. The van der Waals surface area contributed by atoms with Crippen molar-refractivity contribution in [3.63, 3.8) is 0 Å². The number of ether oxygens (including phenoxy) is 1. The van der Waals surface area contributed by atoms with Crippen LogP contribution in [0.25, 0.3) is 0 Å². The van der Waals surface area contributed by atoms with E-state index in [0.29, 0.717) is 30.4 Å². The van der Waals surface area contributed by atoms with E-state index in [9.17, 15) is 4.79 Å². The second-order valence-corrected chi connectivity index (χ2v) is 6.56. The first-order valence-corrected chi connectivity index (χ1v) is 8.47. The first kappa shape index (κ1) is 18.8. The van der Waals surface area contributed by atoms with Gasteiger partial charge < -0.3 is 15.4 Å². The Bertz CT molecular complexity index is 692. The van der Waals surface area contributed by atoms with Crippen molar-refractivity contribution in [2.75, 3.05) is 19.6 Å². The number of rotatable bonds is 6. The van der Waals surface area contributed by atoms with E-state index >= 15 is 0 Å². The third-order valence-corrected chi connectivity index (χ3v) is 4.33. The van der Waals surface area contributed by atoms with E-state index in [1.54, 1.807) is 6.07 Å². The first-order chi connectivity index (χ1) is 11.2. The van der Waals surface area contributed by atoms with Gasteiger partial charge in [-0.15, -0.1) is 12.4 Å². The van der Waals surface area contributed by atoms with Crippen LogP contribution in [-0.4, -0.2) is 25.5 Å². The maximum absolute atomic E-state index is 12.4. The minimum atomic E-state index is -0.0817. The summed E-state index contributed by atoms with van der Waals surface area (Å²) in [6.07, 6.45) is 0. The van der Waals surface area contributed by atoms with E-state index in [-0.39, 0.29) is 18.3 Å². The lowest BCUT2D eigenvalue weighted by atomic mass is 10.0. The van der Waals surface area contributed by atoms with E-state index in [1.165, 1.54) is 0 Å². The summed E-state index contributed by atoms with van der Waals surface area (Å²) in [5.41, 5.74) is 1.63.